The number of hydrogen-bond donors (Lipinski definition) is 1. The van der Waals surface area contributed by atoms with Crippen LogP contribution in [-0.2, 0) is 9.53 Å². The molecule has 1 fully saturated rings. The van der Waals surface area contributed by atoms with Crippen molar-refractivity contribution in [3.05, 3.63) is 29.8 Å². The van der Waals surface area contributed by atoms with Crippen molar-refractivity contribution in [2.24, 2.45) is 0 Å². The SMILES string of the molecule is CC(=O)c1ccc(NC(=O)[C@H]2CCCN2C(=O)OC(C)(C)C)cc1. The zero-order valence-electron chi connectivity index (χ0n) is 14.6. The number of carbonyl (C=O) groups excluding carboxylic acids is 3. The maximum Gasteiger partial charge on any atom is 0.410 e. The number of ketones is 1. The third kappa shape index (κ3) is 4.57. The molecule has 0 aliphatic carbocycles. The molecular formula is C18H24N2O4. The molecule has 2 rings (SSSR count). The summed E-state index contributed by atoms with van der Waals surface area (Å²) in [4.78, 5) is 37.5. The Morgan fingerprint density at radius 2 is 1.79 bits per heavy atom. The van der Waals surface area contributed by atoms with Crippen LogP contribution in [0, 0.1) is 0 Å². The van der Waals surface area contributed by atoms with Crippen LogP contribution in [0.2, 0.25) is 0 Å². The van der Waals surface area contributed by atoms with Crippen LogP contribution in [0.25, 0.3) is 0 Å². The van der Waals surface area contributed by atoms with E-state index in [4.69, 9.17) is 4.74 Å². The minimum absolute atomic E-state index is 0.0280. The number of nitrogens with zero attached hydrogens (tertiary/aromatic N) is 1. The van der Waals surface area contributed by atoms with Gasteiger partial charge in [0, 0.05) is 17.8 Å². The molecule has 1 aromatic rings. The normalized spacial score (nSPS) is 17.5. The van der Waals surface area contributed by atoms with Crippen LogP contribution in [0.5, 0.6) is 0 Å². The van der Waals surface area contributed by atoms with Gasteiger partial charge in [0.25, 0.3) is 0 Å². The van der Waals surface area contributed by atoms with Gasteiger partial charge in [0.1, 0.15) is 11.6 Å². The Morgan fingerprint density at radius 1 is 1.17 bits per heavy atom. The number of carbonyl (C=O) groups is 3. The number of Topliss-reactive ketones (excluding diaryl/α,β-unsaturated/α-hetero) is 1. The summed E-state index contributed by atoms with van der Waals surface area (Å²) < 4.78 is 5.36. The third-order valence-electron chi connectivity index (χ3n) is 3.74. The van der Waals surface area contributed by atoms with Crippen molar-refractivity contribution in [3.8, 4) is 0 Å². The minimum Gasteiger partial charge on any atom is -0.444 e. The van der Waals surface area contributed by atoms with Crippen LogP contribution in [0.3, 0.4) is 0 Å². The molecule has 1 heterocycles. The molecule has 6 heteroatoms. The van der Waals surface area contributed by atoms with Gasteiger partial charge in [0.2, 0.25) is 5.91 Å². The molecule has 1 aliphatic heterocycles. The first-order valence-corrected chi connectivity index (χ1v) is 8.09. The highest BCUT2D eigenvalue weighted by molar-refractivity contribution is 5.98. The topological polar surface area (TPSA) is 75.7 Å². The molecule has 0 unspecified atom stereocenters. The number of ether oxygens (including phenoxy) is 1. The van der Waals surface area contributed by atoms with Crippen LogP contribution >= 0.6 is 0 Å². The molecule has 0 bridgehead atoms. The Labute approximate surface area is 142 Å². The van der Waals surface area contributed by atoms with Crippen molar-refractivity contribution in [1.29, 1.82) is 0 Å². The van der Waals surface area contributed by atoms with Gasteiger partial charge in [-0.3, -0.25) is 14.5 Å². The largest absolute Gasteiger partial charge is 0.444 e. The Balaban J connectivity index is 2.02. The van der Waals surface area contributed by atoms with E-state index in [0.717, 1.165) is 6.42 Å². The van der Waals surface area contributed by atoms with E-state index in [1.807, 2.05) is 0 Å². The molecule has 0 aromatic heterocycles. The van der Waals surface area contributed by atoms with E-state index in [0.29, 0.717) is 24.2 Å². The number of anilines is 1. The minimum atomic E-state index is -0.594. The Kier molecular flexibility index (Phi) is 5.26. The second-order valence-corrected chi connectivity index (χ2v) is 6.95. The van der Waals surface area contributed by atoms with Crippen molar-refractivity contribution < 1.29 is 19.1 Å². The van der Waals surface area contributed by atoms with E-state index in [1.165, 1.54) is 11.8 Å². The average Bonchev–Trinajstić information content (AvgIpc) is 2.95. The molecule has 1 N–H and O–H groups in total. The lowest BCUT2D eigenvalue weighted by molar-refractivity contribution is -0.120. The van der Waals surface area contributed by atoms with E-state index < -0.39 is 17.7 Å². The van der Waals surface area contributed by atoms with Gasteiger partial charge in [0.05, 0.1) is 0 Å². The predicted molar refractivity (Wildman–Crippen MR) is 91.0 cm³/mol. The lowest BCUT2D eigenvalue weighted by Gasteiger charge is -2.28. The van der Waals surface area contributed by atoms with Crippen molar-refractivity contribution in [2.45, 2.75) is 52.2 Å². The highest BCUT2D eigenvalue weighted by Crippen LogP contribution is 2.22. The molecule has 24 heavy (non-hydrogen) atoms. The quantitative estimate of drug-likeness (QED) is 0.862. The molecular weight excluding hydrogens is 308 g/mol. The second kappa shape index (κ2) is 7.03. The van der Waals surface area contributed by atoms with Gasteiger partial charge in [0.15, 0.2) is 5.78 Å². The van der Waals surface area contributed by atoms with Crippen molar-refractivity contribution in [2.75, 3.05) is 11.9 Å². The Bertz CT molecular complexity index is 631. The standard InChI is InChI=1S/C18H24N2O4/c1-12(21)13-7-9-14(10-8-13)19-16(22)15-6-5-11-20(15)17(23)24-18(2,3)4/h7-10,15H,5-6,11H2,1-4H3,(H,19,22)/t15-/m1/s1. The first-order valence-electron chi connectivity index (χ1n) is 8.09. The van der Waals surface area contributed by atoms with Gasteiger partial charge in [-0.05, 0) is 64.8 Å². The summed E-state index contributed by atoms with van der Waals surface area (Å²) in [5.41, 5.74) is 0.591. The molecule has 2 amide bonds. The van der Waals surface area contributed by atoms with Crippen LogP contribution < -0.4 is 5.32 Å². The van der Waals surface area contributed by atoms with Crippen LogP contribution in [0.4, 0.5) is 10.5 Å². The fourth-order valence-corrected chi connectivity index (χ4v) is 2.59. The van der Waals surface area contributed by atoms with E-state index in [-0.39, 0.29) is 11.7 Å². The van der Waals surface area contributed by atoms with Gasteiger partial charge in [-0.25, -0.2) is 4.79 Å². The maximum absolute atomic E-state index is 12.5. The summed E-state index contributed by atoms with van der Waals surface area (Å²) in [6, 6.07) is 6.16. The van der Waals surface area contributed by atoms with E-state index in [2.05, 4.69) is 5.32 Å². The molecule has 0 spiro atoms. The Morgan fingerprint density at radius 3 is 2.33 bits per heavy atom. The summed E-state index contributed by atoms with van der Waals surface area (Å²) in [7, 11) is 0. The van der Waals surface area contributed by atoms with Crippen LogP contribution in [0.15, 0.2) is 24.3 Å². The summed E-state index contributed by atoms with van der Waals surface area (Å²) >= 11 is 0. The van der Waals surface area contributed by atoms with Gasteiger partial charge >= 0.3 is 6.09 Å². The summed E-state index contributed by atoms with van der Waals surface area (Å²) in [6.45, 7) is 7.40. The molecule has 0 radical (unpaired) electrons. The molecule has 1 atom stereocenters. The first kappa shape index (κ1) is 18.0. The molecule has 0 saturated carbocycles. The molecule has 130 valence electrons. The van der Waals surface area contributed by atoms with E-state index >= 15 is 0 Å². The monoisotopic (exact) mass is 332 g/mol. The summed E-state index contributed by atoms with van der Waals surface area (Å²) in [6.07, 6.45) is 0.907. The van der Waals surface area contributed by atoms with Crippen molar-refractivity contribution in [1.82, 2.24) is 4.90 Å². The van der Waals surface area contributed by atoms with Crippen molar-refractivity contribution in [3.63, 3.8) is 0 Å². The van der Waals surface area contributed by atoms with Crippen LogP contribution in [0.1, 0.15) is 50.9 Å². The zero-order chi connectivity index (χ0) is 17.9. The fraction of sp³-hybridized carbons (Fsp3) is 0.500. The maximum atomic E-state index is 12.5. The van der Waals surface area contributed by atoms with Gasteiger partial charge in [-0.15, -0.1) is 0 Å². The number of hydrogen-bond acceptors (Lipinski definition) is 4. The van der Waals surface area contributed by atoms with E-state index in [1.54, 1.807) is 45.0 Å². The van der Waals surface area contributed by atoms with Crippen molar-refractivity contribution >= 4 is 23.5 Å². The average molecular weight is 332 g/mol. The molecule has 1 saturated heterocycles. The van der Waals surface area contributed by atoms with Gasteiger partial charge < -0.3 is 10.1 Å². The number of amides is 2. The van der Waals surface area contributed by atoms with Gasteiger partial charge in [-0.1, -0.05) is 0 Å². The number of likely N-dealkylation sites (tertiary alicyclic amines) is 1. The highest BCUT2D eigenvalue weighted by Gasteiger charge is 2.36. The van der Waals surface area contributed by atoms with Crippen LogP contribution in [-0.4, -0.2) is 40.9 Å². The smallest absolute Gasteiger partial charge is 0.410 e. The number of benzene rings is 1. The molecule has 6 nitrogen and oxygen atoms in total. The summed E-state index contributed by atoms with van der Waals surface area (Å²) in [5.74, 6) is -0.270. The second-order valence-electron chi connectivity index (χ2n) is 6.95. The molecule has 1 aromatic carbocycles. The lowest BCUT2D eigenvalue weighted by atomic mass is 10.1. The zero-order valence-corrected chi connectivity index (χ0v) is 14.6. The predicted octanol–water partition coefficient (Wildman–Crippen LogP) is 3.23. The highest BCUT2D eigenvalue weighted by atomic mass is 16.6. The third-order valence-corrected chi connectivity index (χ3v) is 3.74. The van der Waals surface area contributed by atoms with E-state index in [9.17, 15) is 14.4 Å². The Hall–Kier alpha value is -2.37. The first-order chi connectivity index (χ1) is 11.2. The lowest BCUT2D eigenvalue weighted by Crippen LogP contribution is -2.45. The number of nitrogens with one attached hydrogen (secondary N) is 1. The fourth-order valence-electron chi connectivity index (χ4n) is 2.59. The number of rotatable bonds is 3. The molecule has 1 aliphatic rings. The van der Waals surface area contributed by atoms with Gasteiger partial charge in [-0.2, -0.15) is 0 Å². The summed E-state index contributed by atoms with van der Waals surface area (Å²) in [5, 5.41) is 2.80.